The zero-order valence-corrected chi connectivity index (χ0v) is 15.0. The van der Waals surface area contributed by atoms with Crippen molar-refractivity contribution in [2.24, 2.45) is 5.10 Å². The van der Waals surface area contributed by atoms with E-state index in [1.54, 1.807) is 5.01 Å². The molecule has 0 aromatic heterocycles. The van der Waals surface area contributed by atoms with E-state index >= 15 is 0 Å². The first-order valence-electron chi connectivity index (χ1n) is 8.02. The summed E-state index contributed by atoms with van der Waals surface area (Å²) in [7, 11) is 1.86. The summed E-state index contributed by atoms with van der Waals surface area (Å²) < 4.78 is 0. The number of thiocarbonyl (C=S) groups is 1. The van der Waals surface area contributed by atoms with E-state index in [0.29, 0.717) is 5.11 Å². The van der Waals surface area contributed by atoms with Crippen LogP contribution in [0.4, 0.5) is 5.69 Å². The summed E-state index contributed by atoms with van der Waals surface area (Å²) in [5, 5.41) is 9.93. The minimum atomic E-state index is 0.657. The average molecular weight is 321 g/mol. The molecular formula is C17H28N4S. The molecule has 0 unspecified atom stereocenters. The summed E-state index contributed by atoms with van der Waals surface area (Å²) in [5.41, 5.74) is 2.31. The molecule has 5 heteroatoms. The minimum absolute atomic E-state index is 0.657. The molecule has 0 saturated carbocycles. The Bertz CT molecular complexity index is 466. The van der Waals surface area contributed by atoms with Crippen molar-refractivity contribution in [3.05, 3.63) is 29.8 Å². The number of hydrogen-bond donors (Lipinski definition) is 1. The monoisotopic (exact) mass is 320 g/mol. The van der Waals surface area contributed by atoms with Crippen LogP contribution in [-0.2, 0) is 0 Å². The van der Waals surface area contributed by atoms with Gasteiger partial charge in [-0.1, -0.05) is 25.5 Å². The molecule has 0 fully saturated rings. The zero-order chi connectivity index (χ0) is 16.4. The molecule has 1 N–H and O–H groups in total. The Hall–Kier alpha value is -1.62. The Morgan fingerprint density at radius 1 is 1.18 bits per heavy atom. The summed E-state index contributed by atoms with van der Waals surface area (Å²) >= 11 is 5.29. The van der Waals surface area contributed by atoms with Gasteiger partial charge in [-0.05, 0) is 50.2 Å². The maximum absolute atomic E-state index is 5.29. The molecule has 1 aromatic rings. The summed E-state index contributed by atoms with van der Waals surface area (Å²) in [6.07, 6.45) is 4.10. The van der Waals surface area contributed by atoms with Crippen LogP contribution < -0.4 is 10.2 Å². The van der Waals surface area contributed by atoms with Crippen molar-refractivity contribution in [3.63, 3.8) is 0 Å². The maximum Gasteiger partial charge on any atom is 0.189 e. The quantitative estimate of drug-likeness (QED) is 0.344. The average Bonchev–Trinajstić information content (AvgIpc) is 2.55. The van der Waals surface area contributed by atoms with Crippen LogP contribution in [0.1, 0.15) is 39.2 Å². The Morgan fingerprint density at radius 2 is 1.82 bits per heavy atom. The number of rotatable bonds is 8. The molecule has 1 aromatic carbocycles. The van der Waals surface area contributed by atoms with E-state index in [1.807, 2.05) is 13.3 Å². The van der Waals surface area contributed by atoms with Crippen LogP contribution in [-0.4, -0.2) is 43.0 Å². The molecule has 4 nitrogen and oxygen atoms in total. The lowest BCUT2D eigenvalue weighted by atomic mass is 10.2. The number of nitrogens with one attached hydrogen (secondary N) is 1. The second kappa shape index (κ2) is 10.2. The van der Waals surface area contributed by atoms with Crippen molar-refractivity contribution in [1.82, 2.24) is 10.3 Å². The smallest absolute Gasteiger partial charge is 0.189 e. The Morgan fingerprint density at radius 3 is 2.36 bits per heavy atom. The normalized spacial score (nSPS) is 10.7. The lowest BCUT2D eigenvalue weighted by Crippen LogP contribution is -2.34. The van der Waals surface area contributed by atoms with Gasteiger partial charge in [-0.3, -0.25) is 0 Å². The largest absolute Gasteiger partial charge is 0.372 e. The molecule has 0 radical (unpaired) electrons. The van der Waals surface area contributed by atoms with Gasteiger partial charge in [0.15, 0.2) is 5.11 Å². The van der Waals surface area contributed by atoms with E-state index in [1.165, 1.54) is 5.69 Å². The van der Waals surface area contributed by atoms with Crippen LogP contribution in [0.15, 0.2) is 29.4 Å². The number of nitrogens with zero attached hydrogens (tertiary/aromatic N) is 3. The fraction of sp³-hybridized carbons (Fsp3) is 0.529. The molecule has 0 spiro atoms. The summed E-state index contributed by atoms with van der Waals surface area (Å²) in [6, 6.07) is 8.43. The maximum atomic E-state index is 5.29. The molecule has 0 heterocycles. The highest BCUT2D eigenvalue weighted by Gasteiger charge is 2.02. The summed E-state index contributed by atoms with van der Waals surface area (Å²) in [6.45, 7) is 9.43. The second-order valence-corrected chi connectivity index (χ2v) is 5.50. The van der Waals surface area contributed by atoms with Crippen LogP contribution in [0.3, 0.4) is 0 Å². The van der Waals surface area contributed by atoms with Crippen LogP contribution in [0.2, 0.25) is 0 Å². The van der Waals surface area contributed by atoms with Gasteiger partial charge in [0.05, 0.1) is 6.21 Å². The molecule has 0 saturated heterocycles. The first kappa shape index (κ1) is 18.4. The number of anilines is 1. The van der Waals surface area contributed by atoms with Gasteiger partial charge in [-0.25, -0.2) is 5.01 Å². The standard InChI is InChI=1S/C17H28N4S/c1-5-8-13-18-17(22)20(4)19-14-15-9-11-16(12-10-15)21(6-2)7-3/h9-12,14H,5-8,13H2,1-4H3,(H,18,22)/b19-14-. The van der Waals surface area contributed by atoms with Gasteiger partial charge in [-0.2, -0.15) is 5.10 Å². The van der Waals surface area contributed by atoms with Gasteiger partial charge in [-0.15, -0.1) is 0 Å². The van der Waals surface area contributed by atoms with Crippen LogP contribution in [0.5, 0.6) is 0 Å². The topological polar surface area (TPSA) is 30.9 Å². The Kier molecular flexibility index (Phi) is 8.51. The molecule has 0 aliphatic rings. The third kappa shape index (κ3) is 6.02. The first-order valence-corrected chi connectivity index (χ1v) is 8.43. The van der Waals surface area contributed by atoms with E-state index < -0.39 is 0 Å². The summed E-state index contributed by atoms with van der Waals surface area (Å²) in [5.74, 6) is 0. The fourth-order valence-corrected chi connectivity index (χ4v) is 2.20. The highest BCUT2D eigenvalue weighted by atomic mass is 32.1. The molecule has 0 aliphatic carbocycles. The Balaban J connectivity index is 2.56. The molecule has 1 rings (SSSR count). The molecule has 0 aliphatic heterocycles. The van der Waals surface area contributed by atoms with Gasteiger partial charge < -0.3 is 10.2 Å². The lowest BCUT2D eigenvalue weighted by Gasteiger charge is -2.20. The van der Waals surface area contributed by atoms with Gasteiger partial charge >= 0.3 is 0 Å². The van der Waals surface area contributed by atoms with Crippen molar-refractivity contribution < 1.29 is 0 Å². The third-order valence-electron chi connectivity index (χ3n) is 3.50. The Labute approximate surface area is 140 Å². The first-order chi connectivity index (χ1) is 10.6. The highest BCUT2D eigenvalue weighted by Crippen LogP contribution is 2.14. The van der Waals surface area contributed by atoms with Crippen molar-refractivity contribution in [2.75, 3.05) is 31.6 Å². The lowest BCUT2D eigenvalue weighted by molar-refractivity contribution is 0.530. The molecular weight excluding hydrogens is 292 g/mol. The van der Waals surface area contributed by atoms with E-state index in [0.717, 1.165) is 38.0 Å². The number of hydrazone groups is 1. The van der Waals surface area contributed by atoms with Crippen molar-refractivity contribution in [3.8, 4) is 0 Å². The minimum Gasteiger partial charge on any atom is -0.372 e. The number of hydrogen-bond acceptors (Lipinski definition) is 3. The third-order valence-corrected chi connectivity index (χ3v) is 3.91. The molecule has 0 amide bonds. The zero-order valence-electron chi connectivity index (χ0n) is 14.2. The second-order valence-electron chi connectivity index (χ2n) is 5.12. The number of benzene rings is 1. The fourth-order valence-electron chi connectivity index (χ4n) is 2.05. The van der Waals surface area contributed by atoms with E-state index in [-0.39, 0.29) is 0 Å². The molecule has 0 bridgehead atoms. The van der Waals surface area contributed by atoms with E-state index in [9.17, 15) is 0 Å². The van der Waals surface area contributed by atoms with Crippen molar-refractivity contribution in [2.45, 2.75) is 33.6 Å². The van der Waals surface area contributed by atoms with Crippen LogP contribution >= 0.6 is 12.2 Å². The predicted octanol–water partition coefficient (Wildman–Crippen LogP) is 3.47. The van der Waals surface area contributed by atoms with Gasteiger partial charge in [0.2, 0.25) is 0 Å². The van der Waals surface area contributed by atoms with Crippen molar-refractivity contribution in [1.29, 1.82) is 0 Å². The van der Waals surface area contributed by atoms with Crippen molar-refractivity contribution >= 4 is 29.2 Å². The van der Waals surface area contributed by atoms with Crippen LogP contribution in [0.25, 0.3) is 0 Å². The van der Waals surface area contributed by atoms with E-state index in [2.05, 4.69) is 60.4 Å². The van der Waals surface area contributed by atoms with Gasteiger partial charge in [0.1, 0.15) is 0 Å². The van der Waals surface area contributed by atoms with Crippen LogP contribution in [0, 0.1) is 0 Å². The molecule has 0 atom stereocenters. The highest BCUT2D eigenvalue weighted by molar-refractivity contribution is 7.80. The molecule has 22 heavy (non-hydrogen) atoms. The number of unbranched alkanes of at least 4 members (excludes halogenated alkanes) is 1. The summed E-state index contributed by atoms with van der Waals surface area (Å²) in [4.78, 5) is 2.32. The molecule has 122 valence electrons. The van der Waals surface area contributed by atoms with Gasteiger partial charge in [0, 0.05) is 32.4 Å². The SMILES string of the molecule is CCCCNC(=S)N(C)/N=C\c1ccc(N(CC)CC)cc1. The van der Waals surface area contributed by atoms with E-state index in [4.69, 9.17) is 12.2 Å². The predicted molar refractivity (Wildman–Crippen MR) is 101 cm³/mol. The van der Waals surface area contributed by atoms with Gasteiger partial charge in [0.25, 0.3) is 0 Å².